The van der Waals surface area contributed by atoms with E-state index in [2.05, 4.69) is 36.4 Å². The van der Waals surface area contributed by atoms with Crippen molar-refractivity contribution in [2.24, 2.45) is 10.9 Å². The van der Waals surface area contributed by atoms with Crippen LogP contribution in [0.2, 0.25) is 0 Å². The fraction of sp³-hybridized carbons (Fsp3) is 0.194. The van der Waals surface area contributed by atoms with Crippen LogP contribution in [-0.2, 0) is 0 Å². The SMILES string of the molecule is COc1ccc(C2Oc3ccccc3C3=Nc4ccc(OC)cc4SC(c4ccc(OC)cc4)C32)cc1. The molecule has 2 aliphatic rings. The van der Waals surface area contributed by atoms with Crippen molar-refractivity contribution in [3.63, 3.8) is 0 Å². The van der Waals surface area contributed by atoms with Gasteiger partial charge in [-0.25, -0.2) is 0 Å². The smallest absolute Gasteiger partial charge is 0.134 e. The monoisotopic (exact) mass is 509 g/mol. The van der Waals surface area contributed by atoms with Gasteiger partial charge in [-0.1, -0.05) is 36.4 Å². The molecular weight excluding hydrogens is 482 g/mol. The number of hydrogen-bond donors (Lipinski definition) is 0. The first-order valence-electron chi connectivity index (χ1n) is 12.2. The van der Waals surface area contributed by atoms with Crippen molar-refractivity contribution in [3.8, 4) is 23.0 Å². The average Bonchev–Trinajstić information content (AvgIpc) is 3.14. The molecule has 2 heterocycles. The lowest BCUT2D eigenvalue weighted by molar-refractivity contribution is 0.156. The van der Waals surface area contributed by atoms with Gasteiger partial charge in [0.05, 0.1) is 38.6 Å². The Morgan fingerprint density at radius 3 is 2.00 bits per heavy atom. The van der Waals surface area contributed by atoms with E-state index in [1.54, 1.807) is 33.1 Å². The highest BCUT2D eigenvalue weighted by molar-refractivity contribution is 7.99. The van der Waals surface area contributed by atoms with Crippen LogP contribution in [0.4, 0.5) is 5.69 Å². The normalized spacial score (nSPS) is 19.8. The lowest BCUT2D eigenvalue weighted by Crippen LogP contribution is -2.35. The quantitative estimate of drug-likeness (QED) is 0.280. The van der Waals surface area contributed by atoms with Gasteiger partial charge in [-0.05, 0) is 65.7 Å². The summed E-state index contributed by atoms with van der Waals surface area (Å²) in [5.74, 6) is 3.24. The zero-order valence-electron chi connectivity index (χ0n) is 20.9. The van der Waals surface area contributed by atoms with Crippen LogP contribution in [0.25, 0.3) is 0 Å². The molecule has 0 bridgehead atoms. The molecule has 0 spiro atoms. The first-order chi connectivity index (χ1) is 18.2. The van der Waals surface area contributed by atoms with E-state index in [-0.39, 0.29) is 17.3 Å². The van der Waals surface area contributed by atoms with Crippen molar-refractivity contribution < 1.29 is 18.9 Å². The largest absolute Gasteiger partial charge is 0.497 e. The van der Waals surface area contributed by atoms with E-state index in [1.165, 1.54) is 5.56 Å². The Hall–Kier alpha value is -3.90. The van der Waals surface area contributed by atoms with Crippen molar-refractivity contribution in [1.29, 1.82) is 0 Å². The van der Waals surface area contributed by atoms with Crippen molar-refractivity contribution in [2.75, 3.05) is 21.3 Å². The lowest BCUT2D eigenvalue weighted by Gasteiger charge is -2.38. The van der Waals surface area contributed by atoms with Gasteiger partial charge in [0.2, 0.25) is 0 Å². The molecule has 5 nitrogen and oxygen atoms in total. The maximum atomic E-state index is 6.77. The van der Waals surface area contributed by atoms with Crippen LogP contribution in [-0.4, -0.2) is 27.0 Å². The number of methoxy groups -OCH3 is 3. The van der Waals surface area contributed by atoms with Crippen LogP contribution in [0.3, 0.4) is 0 Å². The fourth-order valence-corrected chi connectivity index (χ4v) is 6.44. The average molecular weight is 510 g/mol. The van der Waals surface area contributed by atoms with Gasteiger partial charge in [0.15, 0.2) is 0 Å². The third-order valence-corrected chi connectivity index (χ3v) is 8.34. The second-order valence-corrected chi connectivity index (χ2v) is 10.2. The Labute approximate surface area is 221 Å². The number of benzene rings is 4. The lowest BCUT2D eigenvalue weighted by atomic mass is 9.80. The minimum Gasteiger partial charge on any atom is -0.497 e. The molecule has 0 saturated carbocycles. The number of para-hydroxylation sites is 1. The van der Waals surface area contributed by atoms with Gasteiger partial charge in [-0.2, -0.15) is 0 Å². The summed E-state index contributed by atoms with van der Waals surface area (Å²) in [5, 5.41) is 0.0264. The van der Waals surface area contributed by atoms with Crippen LogP contribution >= 0.6 is 11.8 Å². The predicted molar refractivity (Wildman–Crippen MR) is 147 cm³/mol. The molecule has 2 aliphatic heterocycles. The van der Waals surface area contributed by atoms with Crippen molar-refractivity contribution in [3.05, 3.63) is 108 Å². The molecule has 0 amide bonds. The van der Waals surface area contributed by atoms with E-state index in [0.29, 0.717) is 0 Å². The Balaban J connectivity index is 1.57. The number of ether oxygens (including phenoxy) is 4. The third kappa shape index (κ3) is 4.31. The number of aliphatic imine (C=N–C) groups is 1. The number of thioether (sulfide) groups is 1. The Kier molecular flexibility index (Phi) is 6.26. The van der Waals surface area contributed by atoms with Crippen LogP contribution in [0.1, 0.15) is 28.0 Å². The minimum absolute atomic E-state index is 0.0264. The molecule has 186 valence electrons. The third-order valence-electron chi connectivity index (χ3n) is 6.94. The maximum Gasteiger partial charge on any atom is 0.134 e. The first-order valence-corrected chi connectivity index (χ1v) is 13.0. The van der Waals surface area contributed by atoms with Gasteiger partial charge in [-0.15, -0.1) is 11.8 Å². The second kappa shape index (κ2) is 9.87. The summed E-state index contributed by atoms with van der Waals surface area (Å²) in [6, 6.07) is 30.8. The summed E-state index contributed by atoms with van der Waals surface area (Å²) in [4.78, 5) is 6.38. The van der Waals surface area contributed by atoms with Gasteiger partial charge in [0.25, 0.3) is 0 Å². The number of rotatable bonds is 5. The molecule has 4 aromatic rings. The molecular formula is C31H27NO4S. The van der Waals surface area contributed by atoms with Gasteiger partial charge < -0.3 is 18.9 Å². The Morgan fingerprint density at radius 1 is 0.703 bits per heavy atom. The van der Waals surface area contributed by atoms with E-state index in [0.717, 1.165) is 50.4 Å². The zero-order chi connectivity index (χ0) is 25.4. The Bertz CT molecular complexity index is 1450. The minimum atomic E-state index is -0.240. The summed E-state index contributed by atoms with van der Waals surface area (Å²) < 4.78 is 23.2. The van der Waals surface area contributed by atoms with Gasteiger partial charge in [0.1, 0.15) is 29.1 Å². The van der Waals surface area contributed by atoms with Crippen LogP contribution < -0.4 is 18.9 Å². The van der Waals surface area contributed by atoms with Gasteiger partial charge >= 0.3 is 0 Å². The van der Waals surface area contributed by atoms with Gasteiger partial charge in [-0.3, -0.25) is 4.99 Å². The molecule has 0 saturated heterocycles. The second-order valence-electron chi connectivity index (χ2n) is 8.98. The summed E-state index contributed by atoms with van der Waals surface area (Å²) in [6.45, 7) is 0. The molecule has 0 aromatic heterocycles. The van der Waals surface area contributed by atoms with Crippen molar-refractivity contribution in [2.45, 2.75) is 16.2 Å². The molecule has 6 rings (SSSR count). The van der Waals surface area contributed by atoms with E-state index in [9.17, 15) is 0 Å². The Morgan fingerprint density at radius 2 is 1.32 bits per heavy atom. The van der Waals surface area contributed by atoms with Crippen molar-refractivity contribution in [1.82, 2.24) is 0 Å². The standard InChI is InChI=1S/C31H27NO4S/c1-33-21-12-8-19(9-13-21)30-28-29(24-6-4-5-7-26(24)36-30)32-25-17-16-23(35-3)18-27(25)37-31(28)20-10-14-22(34-2)15-11-20/h4-18,28,30-31H,1-3H3. The van der Waals surface area contributed by atoms with E-state index >= 15 is 0 Å². The molecule has 0 fully saturated rings. The highest BCUT2D eigenvalue weighted by Gasteiger charge is 2.44. The van der Waals surface area contributed by atoms with Crippen LogP contribution in [0.15, 0.2) is 101 Å². The maximum absolute atomic E-state index is 6.77. The van der Waals surface area contributed by atoms with Gasteiger partial charge in [0, 0.05) is 15.7 Å². The number of nitrogens with zero attached hydrogens (tertiary/aromatic N) is 1. The summed E-state index contributed by atoms with van der Waals surface area (Å²) >= 11 is 1.80. The molecule has 6 heteroatoms. The molecule has 3 atom stereocenters. The number of fused-ring (bicyclic) bond motifs is 4. The van der Waals surface area contributed by atoms with E-state index in [1.807, 2.05) is 54.6 Å². The molecule has 4 aromatic carbocycles. The molecule has 0 radical (unpaired) electrons. The van der Waals surface area contributed by atoms with Crippen molar-refractivity contribution >= 4 is 23.2 Å². The van der Waals surface area contributed by atoms with E-state index in [4.69, 9.17) is 23.9 Å². The summed E-state index contributed by atoms with van der Waals surface area (Å²) in [7, 11) is 5.06. The first kappa shape index (κ1) is 23.5. The van der Waals surface area contributed by atoms with E-state index < -0.39 is 0 Å². The molecule has 0 aliphatic carbocycles. The fourth-order valence-electron chi connectivity index (χ4n) is 5.04. The molecule has 0 N–H and O–H groups in total. The predicted octanol–water partition coefficient (Wildman–Crippen LogP) is 7.43. The highest BCUT2D eigenvalue weighted by atomic mass is 32.2. The highest BCUT2D eigenvalue weighted by Crippen LogP contribution is 2.55. The zero-order valence-corrected chi connectivity index (χ0v) is 21.7. The summed E-state index contributed by atoms with van der Waals surface area (Å²) in [6.07, 6.45) is -0.240. The number of hydrogen-bond acceptors (Lipinski definition) is 6. The molecule has 37 heavy (non-hydrogen) atoms. The molecule has 3 unspecified atom stereocenters. The van der Waals surface area contributed by atoms with Crippen LogP contribution in [0, 0.1) is 5.92 Å². The van der Waals surface area contributed by atoms with Crippen LogP contribution in [0.5, 0.6) is 23.0 Å². The summed E-state index contributed by atoms with van der Waals surface area (Å²) in [5.41, 5.74) is 5.25. The topological polar surface area (TPSA) is 49.3 Å².